The highest BCUT2D eigenvalue weighted by Gasteiger charge is 2.34. The lowest BCUT2D eigenvalue weighted by Gasteiger charge is -2.37. The number of fused-ring (bicyclic) bond motifs is 1. The van der Waals surface area contributed by atoms with Gasteiger partial charge >= 0.3 is 6.03 Å². The number of carbonyl (C=O) groups excluding carboxylic acids is 1. The van der Waals surface area contributed by atoms with Crippen molar-refractivity contribution < 1.29 is 18.0 Å². The van der Waals surface area contributed by atoms with E-state index in [-0.39, 0.29) is 6.54 Å². The fourth-order valence-electron chi connectivity index (χ4n) is 3.42. The first kappa shape index (κ1) is 17.2. The molecule has 138 valence electrons. The molecule has 1 aromatic heterocycles. The quantitative estimate of drug-likeness (QED) is 0.705. The number of hydrogen-bond acceptors (Lipinski definition) is 1. The van der Waals surface area contributed by atoms with Crippen LogP contribution >= 0.6 is 0 Å². The van der Waals surface area contributed by atoms with Crippen LogP contribution in [-0.2, 0) is 6.54 Å². The fraction of sp³-hybridized carbons (Fsp3) is 0.150. The van der Waals surface area contributed by atoms with Crippen molar-refractivity contribution in [1.29, 1.82) is 0 Å². The number of hydrogen-bond donors (Lipinski definition) is 1. The van der Waals surface area contributed by atoms with Gasteiger partial charge in [-0.2, -0.15) is 0 Å². The molecule has 0 radical (unpaired) electrons. The van der Waals surface area contributed by atoms with E-state index in [9.17, 15) is 18.0 Å². The van der Waals surface area contributed by atoms with Crippen molar-refractivity contribution in [1.82, 2.24) is 9.47 Å². The number of rotatable bonds is 2. The zero-order valence-corrected chi connectivity index (χ0v) is 14.2. The smallest absolute Gasteiger partial charge is 0.322 e. The normalized spacial score (nSPS) is 16.1. The third-order valence-corrected chi connectivity index (χ3v) is 4.69. The van der Waals surface area contributed by atoms with Crippen LogP contribution < -0.4 is 5.32 Å². The van der Waals surface area contributed by atoms with E-state index in [4.69, 9.17) is 0 Å². The van der Waals surface area contributed by atoms with Gasteiger partial charge in [-0.15, -0.1) is 0 Å². The predicted octanol–water partition coefficient (Wildman–Crippen LogP) is 4.54. The van der Waals surface area contributed by atoms with Gasteiger partial charge in [0.1, 0.15) is 29.2 Å². The van der Waals surface area contributed by atoms with Crippen molar-refractivity contribution in [3.8, 4) is 0 Å². The van der Waals surface area contributed by atoms with Crippen molar-refractivity contribution >= 4 is 11.7 Å². The lowest BCUT2D eigenvalue weighted by atomic mass is 9.99. The second-order valence-electron chi connectivity index (χ2n) is 6.27. The highest BCUT2D eigenvalue weighted by molar-refractivity contribution is 5.90. The molecule has 3 aromatic rings. The summed E-state index contributed by atoms with van der Waals surface area (Å²) in [5.74, 6) is -2.19. The maximum Gasteiger partial charge on any atom is 0.322 e. The summed E-state index contributed by atoms with van der Waals surface area (Å²) in [6, 6.07) is 11.8. The summed E-state index contributed by atoms with van der Waals surface area (Å²) in [5.41, 5.74) is 0.535. The number of benzene rings is 2. The van der Waals surface area contributed by atoms with Crippen LogP contribution in [0.25, 0.3) is 0 Å². The molecule has 4 nitrogen and oxygen atoms in total. The van der Waals surface area contributed by atoms with Crippen LogP contribution in [-0.4, -0.2) is 22.0 Å². The standard InChI is InChI=1S/C20H16F3N3O/c21-14-6-2-1-5-13(14)19-17-9-4-10-25(17)11-12-26(19)20(27)24-18-15(22)7-3-8-16(18)23/h1-10,19H,11-12H2,(H,24,27). The topological polar surface area (TPSA) is 37.3 Å². The van der Waals surface area contributed by atoms with Crippen molar-refractivity contribution in [3.05, 3.63) is 89.5 Å². The van der Waals surface area contributed by atoms with Crippen LogP contribution in [0.4, 0.5) is 23.7 Å². The third-order valence-electron chi connectivity index (χ3n) is 4.69. The summed E-state index contributed by atoms with van der Waals surface area (Å²) in [6.45, 7) is 0.767. The largest absolute Gasteiger partial charge is 0.348 e. The number of urea groups is 1. The third kappa shape index (κ3) is 3.05. The molecule has 0 saturated heterocycles. The predicted molar refractivity (Wildman–Crippen MR) is 94.8 cm³/mol. The van der Waals surface area contributed by atoms with E-state index in [1.54, 1.807) is 24.3 Å². The van der Waals surface area contributed by atoms with Crippen molar-refractivity contribution in [3.63, 3.8) is 0 Å². The highest BCUT2D eigenvalue weighted by Crippen LogP contribution is 2.34. The molecule has 0 spiro atoms. The Morgan fingerprint density at radius 1 is 0.889 bits per heavy atom. The van der Waals surface area contributed by atoms with Crippen molar-refractivity contribution in [2.24, 2.45) is 0 Å². The van der Waals surface area contributed by atoms with Crippen molar-refractivity contribution in [2.45, 2.75) is 12.6 Å². The molecular weight excluding hydrogens is 355 g/mol. The molecule has 1 aliphatic heterocycles. The van der Waals surface area contributed by atoms with Crippen LogP contribution in [0.1, 0.15) is 17.3 Å². The zero-order chi connectivity index (χ0) is 19.0. The SMILES string of the molecule is O=C(Nc1c(F)cccc1F)N1CCn2cccc2C1c1ccccc1F. The second kappa shape index (κ2) is 6.83. The Bertz CT molecular complexity index is 981. The van der Waals surface area contributed by atoms with Gasteiger partial charge < -0.3 is 14.8 Å². The number of para-hydroxylation sites is 1. The summed E-state index contributed by atoms with van der Waals surface area (Å²) >= 11 is 0. The van der Waals surface area contributed by atoms with Crippen LogP contribution in [0.15, 0.2) is 60.8 Å². The Labute approximate surface area is 153 Å². The minimum atomic E-state index is -0.869. The van der Waals surface area contributed by atoms with Gasteiger partial charge in [0.25, 0.3) is 0 Å². The molecule has 0 bridgehead atoms. The zero-order valence-electron chi connectivity index (χ0n) is 14.2. The van der Waals surface area contributed by atoms with E-state index in [2.05, 4.69) is 5.32 Å². The van der Waals surface area contributed by atoms with Crippen LogP contribution in [0.2, 0.25) is 0 Å². The average Bonchev–Trinajstić information content (AvgIpc) is 3.13. The van der Waals surface area contributed by atoms with Gasteiger partial charge in [-0.3, -0.25) is 0 Å². The Hall–Kier alpha value is -3.22. The van der Waals surface area contributed by atoms with Crippen LogP contribution in [0.5, 0.6) is 0 Å². The lowest BCUT2D eigenvalue weighted by molar-refractivity contribution is 0.180. The molecule has 2 aromatic carbocycles. The van der Waals surface area contributed by atoms with E-state index in [1.165, 1.54) is 17.0 Å². The molecule has 0 fully saturated rings. The number of nitrogens with one attached hydrogen (secondary N) is 1. The summed E-state index contributed by atoms with van der Waals surface area (Å²) in [7, 11) is 0. The minimum Gasteiger partial charge on any atom is -0.348 e. The maximum atomic E-state index is 14.5. The first-order chi connectivity index (χ1) is 13.1. The van der Waals surface area contributed by atoms with Crippen molar-refractivity contribution in [2.75, 3.05) is 11.9 Å². The Kier molecular flexibility index (Phi) is 4.35. The number of amides is 2. The number of carbonyl (C=O) groups is 1. The van der Waals surface area contributed by atoms with E-state index >= 15 is 0 Å². The summed E-state index contributed by atoms with van der Waals surface area (Å²) < 4.78 is 44.2. The lowest BCUT2D eigenvalue weighted by Crippen LogP contribution is -2.45. The molecule has 1 aliphatic rings. The number of anilines is 1. The number of aromatic nitrogens is 1. The molecule has 1 atom stereocenters. The summed E-state index contributed by atoms with van der Waals surface area (Å²) in [5, 5.41) is 2.30. The Morgan fingerprint density at radius 3 is 2.33 bits per heavy atom. The van der Waals surface area contributed by atoms with E-state index in [0.29, 0.717) is 12.1 Å². The summed E-state index contributed by atoms with van der Waals surface area (Å²) in [4.78, 5) is 14.2. The van der Waals surface area contributed by atoms with Crippen LogP contribution in [0.3, 0.4) is 0 Å². The first-order valence-corrected chi connectivity index (χ1v) is 8.47. The van der Waals surface area contributed by atoms with Gasteiger partial charge in [0.15, 0.2) is 0 Å². The minimum absolute atomic E-state index is 0.266. The molecular formula is C20H16F3N3O. The Balaban J connectivity index is 1.73. The van der Waals surface area contributed by atoms with Crippen LogP contribution in [0, 0.1) is 17.5 Å². The first-order valence-electron chi connectivity index (χ1n) is 8.47. The van der Waals surface area contributed by atoms with E-state index in [1.807, 2.05) is 16.8 Å². The van der Waals surface area contributed by atoms with Gasteiger partial charge in [0.05, 0.1) is 0 Å². The molecule has 7 heteroatoms. The van der Waals surface area contributed by atoms with E-state index < -0.39 is 35.2 Å². The molecule has 2 amide bonds. The second-order valence-corrected chi connectivity index (χ2v) is 6.27. The fourth-order valence-corrected chi connectivity index (χ4v) is 3.42. The number of halogens is 3. The molecule has 2 heterocycles. The molecule has 1 unspecified atom stereocenters. The van der Waals surface area contributed by atoms with Gasteiger partial charge in [-0.1, -0.05) is 24.3 Å². The highest BCUT2D eigenvalue weighted by atomic mass is 19.1. The monoisotopic (exact) mass is 371 g/mol. The molecule has 1 N–H and O–H groups in total. The van der Waals surface area contributed by atoms with Gasteiger partial charge in [0.2, 0.25) is 0 Å². The average molecular weight is 371 g/mol. The van der Waals surface area contributed by atoms with Gasteiger partial charge in [-0.05, 0) is 30.3 Å². The number of nitrogens with zero attached hydrogens (tertiary/aromatic N) is 2. The molecule has 0 saturated carbocycles. The molecule has 0 aliphatic carbocycles. The molecule has 4 rings (SSSR count). The Morgan fingerprint density at radius 2 is 1.59 bits per heavy atom. The van der Waals surface area contributed by atoms with Gasteiger partial charge in [0, 0.05) is 30.5 Å². The van der Waals surface area contributed by atoms with Gasteiger partial charge in [-0.25, -0.2) is 18.0 Å². The summed E-state index contributed by atoms with van der Waals surface area (Å²) in [6.07, 6.45) is 1.86. The van der Waals surface area contributed by atoms with E-state index in [0.717, 1.165) is 17.8 Å². The maximum absolute atomic E-state index is 14.5. The molecule has 27 heavy (non-hydrogen) atoms.